The van der Waals surface area contributed by atoms with Crippen LogP contribution in [0.25, 0.3) is 10.1 Å². The van der Waals surface area contributed by atoms with Gasteiger partial charge in [0, 0.05) is 11.7 Å². The summed E-state index contributed by atoms with van der Waals surface area (Å²) in [7, 11) is 1.68. The molecular weight excluding hydrogens is 318 g/mol. The normalized spacial score (nSPS) is 25.0. The molecule has 1 atom stereocenters. The van der Waals surface area contributed by atoms with Crippen molar-refractivity contribution in [3.05, 3.63) is 34.7 Å². The monoisotopic (exact) mass is 341 g/mol. The van der Waals surface area contributed by atoms with Crippen LogP contribution in [0.5, 0.6) is 0 Å². The number of nitrogens with two attached hydrogens (primary N) is 1. The first-order valence-electron chi connectivity index (χ1n) is 8.59. The van der Waals surface area contributed by atoms with E-state index in [-0.39, 0.29) is 5.91 Å². The van der Waals surface area contributed by atoms with E-state index in [0.29, 0.717) is 12.4 Å². The van der Waals surface area contributed by atoms with Crippen molar-refractivity contribution in [2.75, 3.05) is 7.05 Å². The van der Waals surface area contributed by atoms with E-state index in [0.717, 1.165) is 11.5 Å². The largest absolute Gasteiger partial charge is 0.369 e. The maximum Gasteiger partial charge on any atom is 0.231 e. The Hall–Kier alpha value is -1.88. The standard InChI is InChI=1S/C19H23N3OS/c1-19(10-17(23)22(2)18(20)21-19)14-6-7-16-15(9-14)13(11-24-16)8-12-4-3-5-12/h6-7,9,11-12H,3-5,8,10H2,1-2H3,(H2,20,21)/t19-/m0/s1. The Balaban J connectivity index is 1.74. The molecule has 2 aromatic rings. The zero-order valence-corrected chi connectivity index (χ0v) is 15.0. The highest BCUT2D eigenvalue weighted by Crippen LogP contribution is 2.38. The average Bonchev–Trinajstić information content (AvgIpc) is 2.91. The van der Waals surface area contributed by atoms with Crippen LogP contribution in [0.2, 0.25) is 0 Å². The highest BCUT2D eigenvalue weighted by atomic mass is 32.1. The van der Waals surface area contributed by atoms with E-state index in [2.05, 4.69) is 28.6 Å². The van der Waals surface area contributed by atoms with Gasteiger partial charge in [-0.05, 0) is 53.3 Å². The van der Waals surface area contributed by atoms with Crippen molar-refractivity contribution in [3.63, 3.8) is 0 Å². The van der Waals surface area contributed by atoms with Crippen molar-refractivity contribution in [2.45, 2.75) is 44.6 Å². The Labute approximate surface area is 146 Å². The molecule has 1 aliphatic carbocycles. The molecule has 0 radical (unpaired) electrons. The number of amides is 1. The molecular formula is C19H23N3OS. The van der Waals surface area contributed by atoms with Gasteiger partial charge in [0.15, 0.2) is 5.96 Å². The minimum atomic E-state index is -0.572. The van der Waals surface area contributed by atoms with Gasteiger partial charge in [-0.15, -0.1) is 11.3 Å². The van der Waals surface area contributed by atoms with E-state index >= 15 is 0 Å². The van der Waals surface area contributed by atoms with Crippen LogP contribution in [0.15, 0.2) is 28.6 Å². The van der Waals surface area contributed by atoms with Gasteiger partial charge in [-0.3, -0.25) is 9.69 Å². The molecule has 0 bridgehead atoms. The lowest BCUT2D eigenvalue weighted by molar-refractivity contribution is -0.128. The van der Waals surface area contributed by atoms with E-state index in [1.807, 2.05) is 18.3 Å². The van der Waals surface area contributed by atoms with Crippen LogP contribution in [-0.4, -0.2) is 23.8 Å². The van der Waals surface area contributed by atoms with Gasteiger partial charge in [-0.2, -0.15) is 0 Å². The SMILES string of the molecule is CN1C(=O)C[C@@](C)(c2ccc3scc(CC4CCC4)c3c2)N=C1N. The number of carbonyl (C=O) groups is 1. The van der Waals surface area contributed by atoms with E-state index < -0.39 is 5.54 Å². The number of guanidine groups is 1. The number of hydrogen-bond acceptors (Lipinski definition) is 4. The van der Waals surface area contributed by atoms with Crippen molar-refractivity contribution in [3.8, 4) is 0 Å². The highest BCUT2D eigenvalue weighted by Gasteiger charge is 2.36. The van der Waals surface area contributed by atoms with Crippen LogP contribution >= 0.6 is 11.3 Å². The number of rotatable bonds is 3. The summed E-state index contributed by atoms with van der Waals surface area (Å²) < 4.78 is 1.31. The number of hydrogen-bond donors (Lipinski definition) is 1. The molecule has 1 fully saturated rings. The minimum absolute atomic E-state index is 0.0186. The van der Waals surface area contributed by atoms with Crippen LogP contribution in [-0.2, 0) is 16.8 Å². The molecule has 0 spiro atoms. The molecule has 2 N–H and O–H groups in total. The Morgan fingerprint density at radius 2 is 2.21 bits per heavy atom. The first kappa shape index (κ1) is 15.6. The molecule has 1 amide bonds. The number of nitrogens with zero attached hydrogens (tertiary/aromatic N) is 2. The van der Waals surface area contributed by atoms with Gasteiger partial charge in [0.25, 0.3) is 0 Å². The average molecular weight is 341 g/mol. The Kier molecular flexibility index (Phi) is 3.64. The van der Waals surface area contributed by atoms with Crippen molar-refractivity contribution in [1.82, 2.24) is 4.90 Å². The van der Waals surface area contributed by atoms with Crippen LogP contribution in [0.4, 0.5) is 0 Å². The summed E-state index contributed by atoms with van der Waals surface area (Å²) in [5, 5.41) is 3.62. The van der Waals surface area contributed by atoms with Gasteiger partial charge in [-0.25, -0.2) is 4.99 Å². The van der Waals surface area contributed by atoms with Gasteiger partial charge in [0.1, 0.15) is 0 Å². The highest BCUT2D eigenvalue weighted by molar-refractivity contribution is 7.17. The molecule has 1 aliphatic heterocycles. The van der Waals surface area contributed by atoms with Crippen molar-refractivity contribution in [1.29, 1.82) is 0 Å². The third-order valence-corrected chi connectivity index (χ3v) is 6.60. The molecule has 0 saturated heterocycles. The second kappa shape index (κ2) is 5.59. The van der Waals surface area contributed by atoms with Gasteiger partial charge in [0.2, 0.25) is 5.91 Å². The van der Waals surface area contributed by atoms with Gasteiger partial charge in [-0.1, -0.05) is 25.3 Å². The topological polar surface area (TPSA) is 58.7 Å². The molecule has 1 aromatic carbocycles. The molecule has 24 heavy (non-hydrogen) atoms. The van der Waals surface area contributed by atoms with Gasteiger partial charge in [0.05, 0.1) is 12.0 Å². The van der Waals surface area contributed by atoms with Crippen LogP contribution in [0.1, 0.15) is 43.7 Å². The molecule has 1 aromatic heterocycles. The smallest absolute Gasteiger partial charge is 0.231 e. The van der Waals surface area contributed by atoms with Gasteiger partial charge >= 0.3 is 0 Å². The van der Waals surface area contributed by atoms with Crippen LogP contribution in [0.3, 0.4) is 0 Å². The lowest BCUT2D eigenvalue weighted by Crippen LogP contribution is -2.47. The fourth-order valence-electron chi connectivity index (χ4n) is 3.66. The van der Waals surface area contributed by atoms with Crippen molar-refractivity contribution >= 4 is 33.3 Å². The molecule has 4 nitrogen and oxygen atoms in total. The van der Waals surface area contributed by atoms with E-state index in [1.165, 1.54) is 46.2 Å². The van der Waals surface area contributed by atoms with E-state index in [1.54, 1.807) is 7.05 Å². The Bertz CT molecular complexity index is 836. The molecule has 1 saturated carbocycles. The zero-order valence-electron chi connectivity index (χ0n) is 14.2. The van der Waals surface area contributed by atoms with E-state index in [9.17, 15) is 4.79 Å². The second-order valence-corrected chi connectivity index (χ2v) is 8.26. The quantitative estimate of drug-likeness (QED) is 0.926. The maximum atomic E-state index is 12.2. The number of aliphatic imine (C=N–C) groups is 1. The Morgan fingerprint density at radius 3 is 2.88 bits per heavy atom. The second-order valence-electron chi connectivity index (χ2n) is 7.35. The third kappa shape index (κ3) is 2.51. The predicted molar refractivity (Wildman–Crippen MR) is 99.2 cm³/mol. The third-order valence-electron chi connectivity index (χ3n) is 5.58. The fourth-order valence-corrected chi connectivity index (χ4v) is 4.61. The van der Waals surface area contributed by atoms with Gasteiger partial charge < -0.3 is 5.73 Å². The minimum Gasteiger partial charge on any atom is -0.369 e. The molecule has 5 heteroatoms. The van der Waals surface area contributed by atoms with Crippen molar-refractivity contribution in [2.24, 2.45) is 16.6 Å². The molecule has 4 rings (SSSR count). The molecule has 126 valence electrons. The first-order valence-corrected chi connectivity index (χ1v) is 9.47. The molecule has 2 heterocycles. The fraction of sp³-hybridized carbons (Fsp3) is 0.474. The summed E-state index contributed by atoms with van der Waals surface area (Å²) in [5.41, 5.74) is 7.90. The van der Waals surface area contributed by atoms with E-state index in [4.69, 9.17) is 5.73 Å². The lowest BCUT2D eigenvalue weighted by atomic mass is 9.80. The number of benzene rings is 1. The maximum absolute atomic E-state index is 12.2. The summed E-state index contributed by atoms with van der Waals surface area (Å²) >= 11 is 1.81. The number of thiophene rings is 1. The summed E-state index contributed by atoms with van der Waals surface area (Å²) in [4.78, 5) is 18.3. The summed E-state index contributed by atoms with van der Waals surface area (Å²) in [6.45, 7) is 2.00. The Morgan fingerprint density at radius 1 is 1.42 bits per heavy atom. The number of fused-ring (bicyclic) bond motifs is 1. The summed E-state index contributed by atoms with van der Waals surface area (Å²) in [6, 6.07) is 6.50. The predicted octanol–water partition coefficient (Wildman–Crippen LogP) is 3.64. The molecule has 0 unspecified atom stereocenters. The lowest BCUT2D eigenvalue weighted by Gasteiger charge is -2.33. The summed E-state index contributed by atoms with van der Waals surface area (Å²) in [6.07, 6.45) is 5.62. The molecule has 2 aliphatic rings. The van der Waals surface area contributed by atoms with Crippen LogP contribution < -0.4 is 5.73 Å². The summed E-state index contributed by atoms with van der Waals surface area (Å²) in [5.74, 6) is 1.17. The van der Waals surface area contributed by atoms with Crippen LogP contribution in [0, 0.1) is 5.92 Å². The zero-order chi connectivity index (χ0) is 16.9. The van der Waals surface area contributed by atoms with Crippen molar-refractivity contribution < 1.29 is 4.79 Å². The first-order chi connectivity index (χ1) is 11.5. The number of carbonyl (C=O) groups excluding carboxylic acids is 1.